The fourth-order valence-corrected chi connectivity index (χ4v) is 1.59. The Hall–Kier alpha value is -2.63. The topological polar surface area (TPSA) is 77.2 Å². The number of carbonyl (C=O) groups is 1. The molecule has 2 rings (SSSR count). The third-order valence-electron chi connectivity index (χ3n) is 2.49. The van der Waals surface area contributed by atoms with Crippen LogP contribution in [0.2, 0.25) is 0 Å². The lowest BCUT2D eigenvalue weighted by Gasteiger charge is -2.09. The number of aromatic nitrogens is 1. The number of benzene rings is 1. The van der Waals surface area contributed by atoms with E-state index in [1.165, 1.54) is 18.2 Å². The number of rotatable bonds is 4. The molecule has 2 aromatic rings. The van der Waals surface area contributed by atoms with Crippen LogP contribution in [0, 0.1) is 12.7 Å². The van der Waals surface area contributed by atoms with E-state index in [1.807, 2.05) is 0 Å². The summed E-state index contributed by atoms with van der Waals surface area (Å²) in [6, 6.07) is 8.99. The fourth-order valence-electron chi connectivity index (χ4n) is 1.59. The van der Waals surface area contributed by atoms with Crippen molar-refractivity contribution in [2.24, 2.45) is 0 Å². The van der Waals surface area contributed by atoms with Gasteiger partial charge in [0.15, 0.2) is 18.2 Å². The Labute approximate surface area is 115 Å². The summed E-state index contributed by atoms with van der Waals surface area (Å²) in [4.78, 5) is 15.7. The van der Waals surface area contributed by atoms with Crippen LogP contribution in [-0.4, -0.2) is 17.5 Å². The van der Waals surface area contributed by atoms with Crippen LogP contribution in [0.1, 0.15) is 5.69 Å². The monoisotopic (exact) mass is 275 g/mol. The summed E-state index contributed by atoms with van der Waals surface area (Å²) in [5.41, 5.74) is 6.79. The van der Waals surface area contributed by atoms with Crippen molar-refractivity contribution in [1.29, 1.82) is 0 Å². The molecule has 0 saturated carbocycles. The highest BCUT2D eigenvalue weighted by molar-refractivity contribution is 5.91. The lowest BCUT2D eigenvalue weighted by atomic mass is 10.3. The van der Waals surface area contributed by atoms with E-state index in [2.05, 4.69) is 10.3 Å². The number of aryl methyl sites for hydroxylation is 1. The van der Waals surface area contributed by atoms with E-state index in [-0.39, 0.29) is 12.4 Å². The lowest BCUT2D eigenvalue weighted by Crippen LogP contribution is -2.20. The van der Waals surface area contributed by atoms with Gasteiger partial charge in [-0.3, -0.25) is 4.79 Å². The maximum absolute atomic E-state index is 13.0. The second-order valence-corrected chi connectivity index (χ2v) is 4.18. The van der Waals surface area contributed by atoms with Gasteiger partial charge < -0.3 is 15.8 Å². The van der Waals surface area contributed by atoms with Crippen LogP contribution in [-0.2, 0) is 4.79 Å². The average molecular weight is 275 g/mol. The molecule has 0 atom stereocenters. The minimum atomic E-state index is -0.421. The minimum Gasteiger partial charge on any atom is -0.480 e. The molecule has 0 spiro atoms. The summed E-state index contributed by atoms with van der Waals surface area (Å²) in [6.45, 7) is 1.57. The number of nitrogen functional groups attached to an aromatic ring is 1. The van der Waals surface area contributed by atoms with Crippen molar-refractivity contribution in [3.05, 3.63) is 47.9 Å². The van der Waals surface area contributed by atoms with E-state index in [9.17, 15) is 9.18 Å². The summed E-state index contributed by atoms with van der Waals surface area (Å²) in [5.74, 6) is -0.264. The molecular weight excluding hydrogens is 261 g/mol. The molecule has 1 amide bonds. The van der Waals surface area contributed by atoms with Gasteiger partial charge in [0.2, 0.25) is 0 Å². The maximum atomic E-state index is 13.0. The first kappa shape index (κ1) is 13.8. The van der Waals surface area contributed by atoms with Gasteiger partial charge in [0, 0.05) is 11.4 Å². The lowest BCUT2D eigenvalue weighted by molar-refractivity contribution is -0.118. The molecule has 0 unspecified atom stereocenters. The number of pyridine rings is 1. The molecule has 0 radical (unpaired) electrons. The van der Waals surface area contributed by atoms with Gasteiger partial charge in [-0.25, -0.2) is 9.37 Å². The molecule has 104 valence electrons. The van der Waals surface area contributed by atoms with Crippen LogP contribution >= 0.6 is 0 Å². The number of nitrogens with two attached hydrogens (primary N) is 1. The molecular formula is C14H14FN3O2. The molecule has 20 heavy (non-hydrogen) atoms. The number of nitrogens with one attached hydrogen (secondary N) is 1. The van der Waals surface area contributed by atoms with E-state index in [1.54, 1.807) is 25.1 Å². The van der Waals surface area contributed by atoms with Gasteiger partial charge in [-0.05, 0) is 37.3 Å². The number of hydrogen-bond donors (Lipinski definition) is 2. The Balaban J connectivity index is 1.92. The number of amides is 1. The highest BCUT2D eigenvalue weighted by Gasteiger charge is 2.07. The largest absolute Gasteiger partial charge is 0.480 e. The molecule has 0 bridgehead atoms. The second kappa shape index (κ2) is 6.01. The van der Waals surface area contributed by atoms with Crippen LogP contribution in [0.4, 0.5) is 15.9 Å². The van der Waals surface area contributed by atoms with Crippen molar-refractivity contribution < 1.29 is 13.9 Å². The van der Waals surface area contributed by atoms with Gasteiger partial charge in [-0.2, -0.15) is 0 Å². The van der Waals surface area contributed by atoms with Gasteiger partial charge in [-0.1, -0.05) is 6.07 Å². The summed E-state index contributed by atoms with van der Waals surface area (Å²) < 4.78 is 18.2. The molecule has 0 aliphatic rings. The quantitative estimate of drug-likeness (QED) is 0.896. The van der Waals surface area contributed by atoms with Gasteiger partial charge in [0.1, 0.15) is 5.82 Å². The van der Waals surface area contributed by atoms with Crippen molar-refractivity contribution in [2.45, 2.75) is 6.92 Å². The molecule has 1 aromatic heterocycles. The second-order valence-electron chi connectivity index (χ2n) is 4.18. The molecule has 3 N–H and O–H groups in total. The van der Waals surface area contributed by atoms with Crippen LogP contribution < -0.4 is 15.8 Å². The summed E-state index contributed by atoms with van der Waals surface area (Å²) in [5, 5.41) is 2.52. The normalized spacial score (nSPS) is 10.1. The zero-order chi connectivity index (χ0) is 14.5. The fraction of sp³-hybridized carbons (Fsp3) is 0.143. The first-order chi connectivity index (χ1) is 9.54. The predicted molar refractivity (Wildman–Crippen MR) is 73.9 cm³/mol. The molecule has 6 heteroatoms. The Morgan fingerprint density at radius 3 is 2.90 bits per heavy atom. The van der Waals surface area contributed by atoms with Crippen LogP contribution in [0.15, 0.2) is 36.4 Å². The number of hydrogen-bond acceptors (Lipinski definition) is 4. The first-order valence-corrected chi connectivity index (χ1v) is 5.96. The highest BCUT2D eigenvalue weighted by Crippen LogP contribution is 2.18. The van der Waals surface area contributed by atoms with Crippen LogP contribution in [0.3, 0.4) is 0 Å². The molecule has 0 aliphatic heterocycles. The molecule has 0 aliphatic carbocycles. The van der Waals surface area contributed by atoms with E-state index in [0.29, 0.717) is 11.4 Å². The number of nitrogens with zero attached hydrogens (tertiary/aromatic N) is 1. The summed E-state index contributed by atoms with van der Waals surface area (Å²) in [7, 11) is 0. The van der Waals surface area contributed by atoms with Crippen LogP contribution in [0.5, 0.6) is 5.75 Å². The van der Waals surface area contributed by atoms with E-state index < -0.39 is 11.7 Å². The third-order valence-corrected chi connectivity index (χ3v) is 2.49. The molecule has 5 nitrogen and oxygen atoms in total. The number of ether oxygens (including phenoxy) is 1. The molecule has 1 heterocycles. The van der Waals surface area contributed by atoms with Gasteiger partial charge in [0.05, 0.1) is 0 Å². The molecule has 1 aromatic carbocycles. The van der Waals surface area contributed by atoms with E-state index in [0.717, 1.165) is 5.69 Å². The van der Waals surface area contributed by atoms with Gasteiger partial charge in [-0.15, -0.1) is 0 Å². The van der Waals surface area contributed by atoms with Crippen molar-refractivity contribution in [3.8, 4) is 5.75 Å². The Morgan fingerprint density at radius 1 is 1.40 bits per heavy atom. The van der Waals surface area contributed by atoms with Crippen molar-refractivity contribution in [1.82, 2.24) is 4.98 Å². The highest BCUT2D eigenvalue weighted by atomic mass is 19.1. The predicted octanol–water partition coefficient (Wildman–Crippen LogP) is 2.13. The van der Waals surface area contributed by atoms with Crippen LogP contribution in [0.25, 0.3) is 0 Å². The molecule has 0 saturated heterocycles. The Morgan fingerprint density at radius 2 is 2.20 bits per heavy atom. The Kier molecular flexibility index (Phi) is 4.14. The smallest absolute Gasteiger partial charge is 0.262 e. The third kappa shape index (κ3) is 3.68. The van der Waals surface area contributed by atoms with E-state index >= 15 is 0 Å². The summed E-state index contributed by atoms with van der Waals surface area (Å²) >= 11 is 0. The minimum absolute atomic E-state index is 0.226. The standard InChI is InChI=1S/C14H14FN3O2/c1-9-5-6-12(14(16)17-9)20-8-13(19)18-11-4-2-3-10(15)7-11/h2-7H,8H2,1H3,(H2,16,17)(H,18,19). The number of halogens is 1. The van der Waals surface area contributed by atoms with Crippen molar-refractivity contribution in [3.63, 3.8) is 0 Å². The number of anilines is 2. The zero-order valence-corrected chi connectivity index (χ0v) is 10.9. The summed E-state index contributed by atoms with van der Waals surface area (Å²) in [6.07, 6.45) is 0. The molecule has 0 fully saturated rings. The van der Waals surface area contributed by atoms with E-state index in [4.69, 9.17) is 10.5 Å². The SMILES string of the molecule is Cc1ccc(OCC(=O)Nc2cccc(F)c2)c(N)n1. The Bertz CT molecular complexity index is 632. The average Bonchev–Trinajstić information content (AvgIpc) is 2.37. The first-order valence-electron chi connectivity index (χ1n) is 5.96. The zero-order valence-electron chi connectivity index (χ0n) is 10.9. The van der Waals surface area contributed by atoms with Gasteiger partial charge in [0.25, 0.3) is 5.91 Å². The van der Waals surface area contributed by atoms with Gasteiger partial charge >= 0.3 is 0 Å². The van der Waals surface area contributed by atoms with Crippen molar-refractivity contribution >= 4 is 17.4 Å². The maximum Gasteiger partial charge on any atom is 0.262 e. The van der Waals surface area contributed by atoms with Crippen molar-refractivity contribution in [2.75, 3.05) is 17.7 Å². The number of carbonyl (C=O) groups excluding carboxylic acids is 1.